The molecule has 0 saturated carbocycles. The van der Waals surface area contributed by atoms with Crippen LogP contribution in [0, 0.1) is 11.7 Å². The van der Waals surface area contributed by atoms with Gasteiger partial charge in [0, 0.05) is 44.7 Å². The van der Waals surface area contributed by atoms with Crippen LogP contribution in [0.15, 0.2) is 24.3 Å². The number of aliphatic hydroxyl groups excluding tert-OH is 1. The van der Waals surface area contributed by atoms with Gasteiger partial charge in [0.05, 0.1) is 13.2 Å². The normalized spacial score (nSPS) is 21.9. The van der Waals surface area contributed by atoms with E-state index in [-0.39, 0.29) is 24.5 Å². The topological polar surface area (TPSA) is 65.0 Å². The molecular weight excluding hydrogens is 349 g/mol. The van der Waals surface area contributed by atoms with Crippen molar-refractivity contribution in [3.63, 3.8) is 0 Å². The summed E-state index contributed by atoms with van der Waals surface area (Å²) in [6.07, 6.45) is 3.86. The van der Waals surface area contributed by atoms with Crippen LogP contribution < -0.4 is 10.1 Å². The van der Waals surface area contributed by atoms with Crippen molar-refractivity contribution in [2.75, 3.05) is 45.9 Å². The molecule has 1 aromatic rings. The summed E-state index contributed by atoms with van der Waals surface area (Å²) in [6.45, 7) is 4.74. The van der Waals surface area contributed by atoms with Crippen molar-refractivity contribution in [1.82, 2.24) is 15.1 Å². The van der Waals surface area contributed by atoms with Crippen molar-refractivity contribution in [1.29, 1.82) is 0 Å². The van der Waals surface area contributed by atoms with Gasteiger partial charge in [0.1, 0.15) is 11.6 Å². The Hall–Kier alpha value is -1.86. The number of likely N-dealkylation sites (tertiary alicyclic amines) is 2. The maximum atomic E-state index is 13.0. The number of hydrogen-bond acceptors (Lipinski definition) is 4. The first-order valence-corrected chi connectivity index (χ1v) is 9.91. The summed E-state index contributed by atoms with van der Waals surface area (Å²) in [4.78, 5) is 16.7. The Labute approximate surface area is 160 Å². The van der Waals surface area contributed by atoms with E-state index in [1.54, 1.807) is 12.1 Å². The second-order valence-electron chi connectivity index (χ2n) is 7.51. The highest BCUT2D eigenvalue weighted by molar-refractivity contribution is 5.74. The van der Waals surface area contributed by atoms with Crippen LogP contribution in [0.2, 0.25) is 0 Å². The predicted molar refractivity (Wildman–Crippen MR) is 101 cm³/mol. The molecule has 1 atom stereocenters. The molecule has 150 valence electrons. The molecule has 0 spiro atoms. The number of amides is 2. The maximum Gasteiger partial charge on any atom is 0.317 e. The lowest BCUT2D eigenvalue weighted by atomic mass is 9.99. The summed E-state index contributed by atoms with van der Waals surface area (Å²) in [7, 11) is 0. The van der Waals surface area contributed by atoms with Gasteiger partial charge in [-0.3, -0.25) is 0 Å². The third-order valence-corrected chi connectivity index (χ3v) is 5.44. The first kappa shape index (κ1) is 19.9. The molecule has 2 aliphatic heterocycles. The van der Waals surface area contributed by atoms with Crippen molar-refractivity contribution in [3.8, 4) is 5.75 Å². The molecule has 7 heteroatoms. The molecule has 0 unspecified atom stereocenters. The molecule has 2 aliphatic rings. The van der Waals surface area contributed by atoms with E-state index in [0.717, 1.165) is 45.3 Å². The fraction of sp³-hybridized carbons (Fsp3) is 0.650. The van der Waals surface area contributed by atoms with Gasteiger partial charge in [-0.1, -0.05) is 0 Å². The predicted octanol–water partition coefficient (Wildman–Crippen LogP) is 2.08. The van der Waals surface area contributed by atoms with Crippen molar-refractivity contribution >= 4 is 6.03 Å². The van der Waals surface area contributed by atoms with Gasteiger partial charge in [0.2, 0.25) is 0 Å². The highest BCUT2D eigenvalue weighted by Crippen LogP contribution is 2.20. The summed E-state index contributed by atoms with van der Waals surface area (Å²) in [5, 5.41) is 12.2. The molecule has 0 bridgehead atoms. The van der Waals surface area contributed by atoms with Crippen LogP contribution in [0.5, 0.6) is 5.75 Å². The van der Waals surface area contributed by atoms with E-state index < -0.39 is 0 Å². The number of piperidine rings is 2. The fourth-order valence-corrected chi connectivity index (χ4v) is 3.84. The third kappa shape index (κ3) is 6.07. The average molecular weight is 379 g/mol. The van der Waals surface area contributed by atoms with Crippen LogP contribution in [0.3, 0.4) is 0 Å². The number of urea groups is 1. The summed E-state index contributed by atoms with van der Waals surface area (Å²) < 4.78 is 18.7. The van der Waals surface area contributed by atoms with Crippen LogP contribution in [0.4, 0.5) is 9.18 Å². The second kappa shape index (κ2) is 9.90. The minimum Gasteiger partial charge on any atom is -0.493 e. The number of carbonyl (C=O) groups is 1. The lowest BCUT2D eigenvalue weighted by Gasteiger charge is -2.36. The van der Waals surface area contributed by atoms with E-state index in [2.05, 4.69) is 10.2 Å². The Bertz CT molecular complexity index is 591. The van der Waals surface area contributed by atoms with Crippen molar-refractivity contribution < 1.29 is 19.0 Å². The van der Waals surface area contributed by atoms with Gasteiger partial charge in [0.15, 0.2) is 0 Å². The van der Waals surface area contributed by atoms with Gasteiger partial charge in [-0.05, 0) is 49.9 Å². The van der Waals surface area contributed by atoms with Gasteiger partial charge < -0.3 is 25.0 Å². The summed E-state index contributed by atoms with van der Waals surface area (Å²) >= 11 is 0. The highest BCUT2D eigenvalue weighted by Gasteiger charge is 2.27. The number of aliphatic hydroxyl groups is 1. The van der Waals surface area contributed by atoms with E-state index in [4.69, 9.17) is 9.84 Å². The van der Waals surface area contributed by atoms with Crippen LogP contribution in [0.25, 0.3) is 0 Å². The van der Waals surface area contributed by atoms with Crippen LogP contribution in [-0.4, -0.2) is 72.9 Å². The number of carbonyl (C=O) groups excluding carboxylic acids is 1. The number of β-amino-alcohol motifs (C(OH)–C–C–N with tert-alkyl or cyclic N) is 1. The van der Waals surface area contributed by atoms with Crippen LogP contribution in [0.1, 0.15) is 25.7 Å². The first-order chi connectivity index (χ1) is 13.1. The van der Waals surface area contributed by atoms with Gasteiger partial charge >= 0.3 is 6.03 Å². The van der Waals surface area contributed by atoms with Gasteiger partial charge in [-0.25, -0.2) is 9.18 Å². The number of nitrogens with zero attached hydrogens (tertiary/aromatic N) is 2. The van der Waals surface area contributed by atoms with E-state index in [1.807, 2.05) is 4.90 Å². The Morgan fingerprint density at radius 3 is 2.63 bits per heavy atom. The molecule has 6 nitrogen and oxygen atoms in total. The number of hydrogen-bond donors (Lipinski definition) is 2. The largest absolute Gasteiger partial charge is 0.493 e. The molecule has 27 heavy (non-hydrogen) atoms. The van der Waals surface area contributed by atoms with E-state index in [0.29, 0.717) is 31.4 Å². The molecule has 2 amide bonds. The SMILES string of the molecule is O=C(NC1CCN(CCO)CC1)N1CCC[C@@H](COc2ccc(F)cc2)C1. The van der Waals surface area contributed by atoms with E-state index >= 15 is 0 Å². The molecule has 1 aromatic carbocycles. The minimum absolute atomic E-state index is 0.0158. The van der Waals surface area contributed by atoms with Gasteiger partial charge in [-0.15, -0.1) is 0 Å². The third-order valence-electron chi connectivity index (χ3n) is 5.44. The molecular formula is C20H30FN3O3. The lowest BCUT2D eigenvalue weighted by Crippen LogP contribution is -2.52. The molecule has 0 radical (unpaired) electrons. The molecule has 2 N–H and O–H groups in total. The maximum absolute atomic E-state index is 13.0. The minimum atomic E-state index is -0.273. The van der Waals surface area contributed by atoms with Crippen molar-refractivity contribution in [2.45, 2.75) is 31.7 Å². The molecule has 3 rings (SSSR count). The molecule has 2 fully saturated rings. The molecule has 2 heterocycles. The van der Waals surface area contributed by atoms with E-state index in [9.17, 15) is 9.18 Å². The zero-order valence-corrected chi connectivity index (χ0v) is 15.8. The summed E-state index contributed by atoms with van der Waals surface area (Å²) in [5.74, 6) is 0.679. The molecule has 2 saturated heterocycles. The Morgan fingerprint density at radius 1 is 1.19 bits per heavy atom. The number of rotatable bonds is 6. The Balaban J connectivity index is 1.40. The Kier molecular flexibility index (Phi) is 7.29. The summed E-state index contributed by atoms with van der Waals surface area (Å²) in [6, 6.07) is 6.27. The standard InChI is InChI=1S/C20H30FN3O3/c21-17-3-5-19(6-4-17)27-15-16-2-1-9-24(14-16)20(26)22-18-7-10-23(11-8-18)12-13-25/h3-6,16,18,25H,1-2,7-15H2,(H,22,26)/t16-/m1/s1. The first-order valence-electron chi connectivity index (χ1n) is 9.91. The summed E-state index contributed by atoms with van der Waals surface area (Å²) in [5.41, 5.74) is 0. The van der Waals surface area contributed by atoms with Crippen LogP contribution >= 0.6 is 0 Å². The zero-order valence-electron chi connectivity index (χ0n) is 15.8. The zero-order chi connectivity index (χ0) is 19.1. The average Bonchev–Trinajstić information content (AvgIpc) is 2.69. The van der Waals surface area contributed by atoms with Crippen molar-refractivity contribution in [3.05, 3.63) is 30.1 Å². The quantitative estimate of drug-likeness (QED) is 0.794. The van der Waals surface area contributed by atoms with E-state index in [1.165, 1.54) is 12.1 Å². The fourth-order valence-electron chi connectivity index (χ4n) is 3.84. The monoisotopic (exact) mass is 379 g/mol. The number of ether oxygens (including phenoxy) is 1. The lowest BCUT2D eigenvalue weighted by molar-refractivity contribution is 0.126. The smallest absolute Gasteiger partial charge is 0.317 e. The van der Waals surface area contributed by atoms with Crippen LogP contribution in [-0.2, 0) is 0 Å². The second-order valence-corrected chi connectivity index (χ2v) is 7.51. The molecule has 0 aliphatic carbocycles. The number of benzene rings is 1. The highest BCUT2D eigenvalue weighted by atomic mass is 19.1. The number of halogens is 1. The molecule has 0 aromatic heterocycles. The number of nitrogens with one attached hydrogen (secondary N) is 1. The Morgan fingerprint density at radius 2 is 1.93 bits per heavy atom. The van der Waals surface area contributed by atoms with Crippen molar-refractivity contribution in [2.24, 2.45) is 5.92 Å². The van der Waals surface area contributed by atoms with Gasteiger partial charge in [-0.2, -0.15) is 0 Å². The van der Waals surface area contributed by atoms with Gasteiger partial charge in [0.25, 0.3) is 0 Å².